The van der Waals surface area contributed by atoms with E-state index >= 15 is 0 Å². The third-order valence-electron chi connectivity index (χ3n) is 4.01. The van der Waals surface area contributed by atoms with Crippen molar-refractivity contribution in [3.05, 3.63) is 12.2 Å². The van der Waals surface area contributed by atoms with Crippen LogP contribution in [0.2, 0.25) is 0 Å². The number of alkyl halides is 1. The number of carbonyl (C=O) groups is 1. The smallest absolute Gasteiger partial charge is 0.309 e. The van der Waals surface area contributed by atoms with E-state index < -0.39 is 11.4 Å². The van der Waals surface area contributed by atoms with Crippen LogP contribution in [0.1, 0.15) is 39.5 Å². The Morgan fingerprint density at radius 1 is 1.62 bits per heavy atom. The van der Waals surface area contributed by atoms with Crippen molar-refractivity contribution in [3.63, 3.8) is 0 Å². The summed E-state index contributed by atoms with van der Waals surface area (Å²) in [5.41, 5.74) is 0.415. The molecular formula is C13H21BrO2. The van der Waals surface area contributed by atoms with Gasteiger partial charge in [0.2, 0.25) is 0 Å². The summed E-state index contributed by atoms with van der Waals surface area (Å²) in [6.45, 7) is 7.81. The van der Waals surface area contributed by atoms with Gasteiger partial charge in [0.05, 0.1) is 5.41 Å². The molecule has 1 N–H and O–H groups in total. The van der Waals surface area contributed by atoms with Gasteiger partial charge < -0.3 is 5.11 Å². The molecule has 0 bridgehead atoms. The number of allylic oxidation sites excluding steroid dienone is 1. The van der Waals surface area contributed by atoms with Crippen LogP contribution in [0.4, 0.5) is 0 Å². The molecule has 1 aliphatic rings. The minimum atomic E-state index is -0.669. The van der Waals surface area contributed by atoms with E-state index in [0.29, 0.717) is 5.92 Å². The lowest BCUT2D eigenvalue weighted by molar-refractivity contribution is -0.153. The van der Waals surface area contributed by atoms with E-state index in [9.17, 15) is 9.90 Å². The SMILES string of the molecule is C=C(C)[C@H]1C[C@@H](CCBr)CC[C@]1(C)C(=O)O. The molecule has 0 aromatic rings. The Labute approximate surface area is 106 Å². The van der Waals surface area contributed by atoms with E-state index in [1.54, 1.807) is 0 Å². The first-order chi connectivity index (χ1) is 7.41. The summed E-state index contributed by atoms with van der Waals surface area (Å²) in [5, 5.41) is 10.4. The maximum Gasteiger partial charge on any atom is 0.309 e. The highest BCUT2D eigenvalue weighted by Crippen LogP contribution is 2.47. The summed E-state index contributed by atoms with van der Waals surface area (Å²) in [6.07, 6.45) is 3.92. The number of carboxylic acids is 1. The molecule has 92 valence electrons. The Balaban J connectivity index is 2.83. The number of carboxylic acid groups (broad SMARTS) is 1. The van der Waals surface area contributed by atoms with Crippen molar-refractivity contribution in [1.82, 2.24) is 0 Å². The summed E-state index contributed by atoms with van der Waals surface area (Å²) in [5.74, 6) is 0.106. The van der Waals surface area contributed by atoms with Crippen molar-refractivity contribution in [2.45, 2.75) is 39.5 Å². The van der Waals surface area contributed by atoms with Crippen molar-refractivity contribution in [3.8, 4) is 0 Å². The molecule has 0 radical (unpaired) electrons. The lowest BCUT2D eigenvalue weighted by Crippen LogP contribution is -2.41. The van der Waals surface area contributed by atoms with Gasteiger partial charge in [-0.1, -0.05) is 28.1 Å². The zero-order valence-electron chi connectivity index (χ0n) is 10.1. The summed E-state index contributed by atoms with van der Waals surface area (Å²) >= 11 is 3.46. The molecule has 1 fully saturated rings. The van der Waals surface area contributed by atoms with E-state index in [1.807, 2.05) is 13.8 Å². The van der Waals surface area contributed by atoms with Gasteiger partial charge in [-0.15, -0.1) is 0 Å². The molecule has 1 saturated carbocycles. The Hall–Kier alpha value is -0.310. The van der Waals surface area contributed by atoms with E-state index in [-0.39, 0.29) is 5.92 Å². The number of rotatable bonds is 4. The van der Waals surface area contributed by atoms with Gasteiger partial charge >= 0.3 is 5.97 Å². The van der Waals surface area contributed by atoms with Crippen LogP contribution < -0.4 is 0 Å². The van der Waals surface area contributed by atoms with Gasteiger partial charge in [-0.05, 0) is 51.4 Å². The molecule has 1 rings (SSSR count). The van der Waals surface area contributed by atoms with Crippen LogP contribution in [0, 0.1) is 17.3 Å². The highest BCUT2D eigenvalue weighted by molar-refractivity contribution is 9.09. The predicted molar refractivity (Wildman–Crippen MR) is 69.8 cm³/mol. The Morgan fingerprint density at radius 3 is 2.69 bits per heavy atom. The molecule has 1 aliphatic carbocycles. The summed E-state index contributed by atoms with van der Waals surface area (Å²) < 4.78 is 0. The van der Waals surface area contributed by atoms with Crippen LogP contribution in [-0.2, 0) is 4.79 Å². The van der Waals surface area contributed by atoms with E-state index in [4.69, 9.17) is 0 Å². The van der Waals surface area contributed by atoms with Crippen molar-refractivity contribution in [2.75, 3.05) is 5.33 Å². The maximum absolute atomic E-state index is 11.4. The van der Waals surface area contributed by atoms with Crippen molar-refractivity contribution < 1.29 is 9.90 Å². The molecule has 2 nitrogen and oxygen atoms in total. The fourth-order valence-electron chi connectivity index (χ4n) is 2.81. The molecule has 0 heterocycles. The molecular weight excluding hydrogens is 268 g/mol. The van der Waals surface area contributed by atoms with Crippen LogP contribution in [0.3, 0.4) is 0 Å². The number of hydrogen-bond acceptors (Lipinski definition) is 1. The Kier molecular flexibility index (Phi) is 4.60. The molecule has 0 amide bonds. The van der Waals surface area contributed by atoms with Gasteiger partial charge in [-0.2, -0.15) is 0 Å². The highest BCUT2D eigenvalue weighted by atomic mass is 79.9. The van der Waals surface area contributed by atoms with Gasteiger partial charge in [-0.3, -0.25) is 4.79 Å². The lowest BCUT2D eigenvalue weighted by atomic mass is 9.62. The van der Waals surface area contributed by atoms with Crippen LogP contribution >= 0.6 is 15.9 Å². The molecule has 16 heavy (non-hydrogen) atoms. The predicted octanol–water partition coefficient (Wildman–Crippen LogP) is 3.85. The Morgan fingerprint density at radius 2 is 2.25 bits per heavy atom. The molecule has 0 aliphatic heterocycles. The van der Waals surface area contributed by atoms with Gasteiger partial charge in [-0.25, -0.2) is 0 Å². The molecule has 3 atom stereocenters. The van der Waals surface area contributed by atoms with Crippen molar-refractivity contribution in [1.29, 1.82) is 0 Å². The average Bonchev–Trinajstić information content (AvgIpc) is 2.20. The first kappa shape index (κ1) is 13.8. The van der Waals surface area contributed by atoms with Gasteiger partial charge in [0.15, 0.2) is 0 Å². The fourth-order valence-corrected chi connectivity index (χ4v) is 3.45. The standard InChI is InChI=1S/C13H21BrO2/c1-9(2)11-8-10(5-7-14)4-6-13(11,3)12(15)16/h10-11H,1,4-8H2,2-3H3,(H,15,16)/t10-,11-,13+/m1/s1. The van der Waals surface area contributed by atoms with E-state index in [1.165, 1.54) is 0 Å². The van der Waals surface area contributed by atoms with Crippen LogP contribution in [0.15, 0.2) is 12.2 Å². The monoisotopic (exact) mass is 288 g/mol. The number of halogens is 1. The normalized spacial score (nSPS) is 34.7. The summed E-state index contributed by atoms with van der Waals surface area (Å²) in [7, 11) is 0. The lowest BCUT2D eigenvalue weighted by Gasteiger charge is -2.42. The third kappa shape index (κ3) is 2.68. The van der Waals surface area contributed by atoms with Crippen LogP contribution in [0.5, 0.6) is 0 Å². The molecule has 0 saturated heterocycles. The molecule has 0 spiro atoms. The largest absolute Gasteiger partial charge is 0.481 e. The fraction of sp³-hybridized carbons (Fsp3) is 0.769. The van der Waals surface area contributed by atoms with Gasteiger partial charge in [0, 0.05) is 5.33 Å². The highest BCUT2D eigenvalue weighted by Gasteiger charge is 2.45. The first-order valence-electron chi connectivity index (χ1n) is 5.86. The minimum absolute atomic E-state index is 0.128. The topological polar surface area (TPSA) is 37.3 Å². The van der Waals surface area contributed by atoms with Crippen LogP contribution in [0.25, 0.3) is 0 Å². The Bertz CT molecular complexity index is 288. The first-order valence-corrected chi connectivity index (χ1v) is 6.98. The molecule has 0 aromatic heterocycles. The quantitative estimate of drug-likeness (QED) is 0.630. The number of aliphatic carboxylic acids is 1. The van der Waals surface area contributed by atoms with E-state index in [2.05, 4.69) is 22.5 Å². The average molecular weight is 289 g/mol. The van der Waals surface area contributed by atoms with Crippen LogP contribution in [-0.4, -0.2) is 16.4 Å². The molecule has 0 unspecified atom stereocenters. The molecule has 3 heteroatoms. The second-order valence-corrected chi connectivity index (χ2v) is 6.03. The summed E-state index contributed by atoms with van der Waals surface area (Å²) in [6, 6.07) is 0. The second kappa shape index (κ2) is 5.35. The van der Waals surface area contributed by atoms with Crippen molar-refractivity contribution in [2.24, 2.45) is 17.3 Å². The van der Waals surface area contributed by atoms with E-state index in [0.717, 1.165) is 36.6 Å². The zero-order valence-corrected chi connectivity index (χ0v) is 11.7. The third-order valence-corrected chi connectivity index (χ3v) is 4.47. The van der Waals surface area contributed by atoms with Crippen molar-refractivity contribution >= 4 is 21.9 Å². The second-order valence-electron chi connectivity index (χ2n) is 5.24. The maximum atomic E-state index is 11.4. The molecule has 0 aromatic carbocycles. The van der Waals surface area contributed by atoms with Gasteiger partial charge in [0.1, 0.15) is 0 Å². The number of hydrogen-bond donors (Lipinski definition) is 1. The summed E-state index contributed by atoms with van der Waals surface area (Å²) in [4.78, 5) is 11.4. The van der Waals surface area contributed by atoms with Gasteiger partial charge in [0.25, 0.3) is 0 Å². The zero-order chi connectivity index (χ0) is 12.3. The minimum Gasteiger partial charge on any atom is -0.481 e.